The van der Waals surface area contributed by atoms with Gasteiger partial charge in [0.15, 0.2) is 0 Å². The standard InChI is InChI=1S/C49H56N10O7/c50-44(61)42-43(33-6-9-36(10-7-33)66-35-4-2-1-3-5-35)53-59-39(14-19-51-45(42)59)32-17-22-56(23-18-32)49(65)57-28-26-55(27-29-57)25-24-54-20-15-31(16-21-54)34-8-11-37-38(30-34)48(64)58(47(37)63)40-12-13-41(60)52-46(40)62/h1-11,30-32,39-40,51H,12-29H2,(H2,50,61)(H,52,60,62)/t39-,40?/m0/s1. The summed E-state index contributed by atoms with van der Waals surface area (Å²) in [6.45, 7) is 8.87. The lowest BCUT2D eigenvalue weighted by Gasteiger charge is -2.42. The van der Waals surface area contributed by atoms with Crippen molar-refractivity contribution in [3.8, 4) is 22.8 Å². The molecule has 4 fully saturated rings. The third kappa shape index (κ3) is 8.52. The average Bonchev–Trinajstić information content (AvgIpc) is 3.86. The van der Waals surface area contributed by atoms with Crippen molar-refractivity contribution in [2.75, 3.05) is 77.3 Å². The number of imide groups is 2. The number of nitrogens with two attached hydrogens (primary N) is 1. The monoisotopic (exact) mass is 896 g/mol. The molecule has 1 unspecified atom stereocenters. The molecule has 0 saturated carbocycles. The molecule has 10 rings (SSSR count). The van der Waals surface area contributed by atoms with Crippen LogP contribution in [-0.2, 0) is 9.59 Å². The van der Waals surface area contributed by atoms with Crippen LogP contribution in [0.1, 0.15) is 93.5 Å². The van der Waals surface area contributed by atoms with Gasteiger partial charge in [-0.3, -0.25) is 39.1 Å². The first-order valence-electron chi connectivity index (χ1n) is 23.4. The number of primary amides is 1. The van der Waals surface area contributed by atoms with Gasteiger partial charge < -0.3 is 30.5 Å². The maximum Gasteiger partial charge on any atom is 0.320 e. The van der Waals surface area contributed by atoms with Crippen molar-refractivity contribution < 1.29 is 33.5 Å². The van der Waals surface area contributed by atoms with Gasteiger partial charge in [0.25, 0.3) is 17.7 Å². The Bertz CT molecular complexity index is 2520. The number of amides is 7. The highest BCUT2D eigenvalue weighted by atomic mass is 16.5. The van der Waals surface area contributed by atoms with E-state index < -0.39 is 35.6 Å². The minimum absolute atomic E-state index is 0.0805. The number of aromatic nitrogens is 2. The second-order valence-corrected chi connectivity index (χ2v) is 18.4. The minimum Gasteiger partial charge on any atom is -0.457 e. The number of carbonyl (C=O) groups excluding carboxylic acids is 6. The zero-order chi connectivity index (χ0) is 45.5. The van der Waals surface area contributed by atoms with Crippen molar-refractivity contribution in [1.29, 1.82) is 0 Å². The van der Waals surface area contributed by atoms with Crippen LogP contribution in [0.5, 0.6) is 11.5 Å². The maximum absolute atomic E-state index is 13.8. The Morgan fingerprint density at radius 2 is 1.38 bits per heavy atom. The number of nitrogens with zero attached hydrogens (tertiary/aromatic N) is 7. The quantitative estimate of drug-likeness (QED) is 0.189. The van der Waals surface area contributed by atoms with E-state index in [9.17, 15) is 28.8 Å². The molecule has 17 nitrogen and oxygen atoms in total. The Morgan fingerprint density at radius 1 is 0.712 bits per heavy atom. The first-order chi connectivity index (χ1) is 32.1. The summed E-state index contributed by atoms with van der Waals surface area (Å²) < 4.78 is 7.95. The Hall–Kier alpha value is -6.59. The average molecular weight is 897 g/mol. The minimum atomic E-state index is -0.970. The van der Waals surface area contributed by atoms with Gasteiger partial charge in [-0.1, -0.05) is 24.3 Å². The molecule has 6 aliphatic rings. The zero-order valence-corrected chi connectivity index (χ0v) is 37.0. The number of para-hydroxylation sites is 1. The highest BCUT2D eigenvalue weighted by Crippen LogP contribution is 2.41. The molecule has 2 atom stereocenters. The molecule has 0 radical (unpaired) electrons. The highest BCUT2D eigenvalue weighted by Gasteiger charge is 2.45. The molecule has 6 aliphatic heterocycles. The van der Waals surface area contributed by atoms with Crippen molar-refractivity contribution >= 4 is 41.4 Å². The van der Waals surface area contributed by atoms with E-state index in [0.717, 1.165) is 93.1 Å². The number of piperazine rings is 1. The molecule has 3 aromatic carbocycles. The Morgan fingerprint density at radius 3 is 2.08 bits per heavy atom. The molecule has 4 N–H and O–H groups in total. The number of rotatable bonds is 10. The van der Waals surface area contributed by atoms with Gasteiger partial charge in [0.2, 0.25) is 11.8 Å². The fraction of sp³-hybridized carbons (Fsp3) is 0.449. The normalized spacial score (nSPS) is 22.2. The van der Waals surface area contributed by atoms with Crippen LogP contribution in [0, 0.1) is 5.92 Å². The molecule has 7 heterocycles. The van der Waals surface area contributed by atoms with Gasteiger partial charge in [-0.05, 0) is 118 Å². The van der Waals surface area contributed by atoms with Crippen LogP contribution in [0.3, 0.4) is 0 Å². The van der Waals surface area contributed by atoms with Crippen LogP contribution in [-0.4, -0.2) is 148 Å². The summed E-state index contributed by atoms with van der Waals surface area (Å²) in [4.78, 5) is 87.3. The van der Waals surface area contributed by atoms with Crippen molar-refractivity contribution in [3.05, 3.63) is 95.1 Å². The SMILES string of the molecule is NC(=O)c1c(-c2ccc(Oc3ccccc3)cc2)nn2c1NCC[C@H]2C1CCN(C(=O)N2CCN(CCN3CCC(c4ccc5c(c4)C(=O)N(C4CCC(=O)NC4=O)C5=O)CC3)CC2)CC1. The number of benzene rings is 3. The molecule has 1 aromatic heterocycles. The number of urea groups is 1. The molecule has 344 valence electrons. The first kappa shape index (κ1) is 43.3. The predicted molar refractivity (Wildman–Crippen MR) is 244 cm³/mol. The van der Waals surface area contributed by atoms with E-state index in [2.05, 4.69) is 20.4 Å². The molecule has 17 heteroatoms. The second-order valence-electron chi connectivity index (χ2n) is 18.4. The number of hydrogen-bond acceptors (Lipinski definition) is 11. The summed E-state index contributed by atoms with van der Waals surface area (Å²) in [7, 11) is 0. The summed E-state index contributed by atoms with van der Waals surface area (Å²) in [5.74, 6) is 0.172. The number of nitrogens with one attached hydrogen (secondary N) is 2. The van der Waals surface area contributed by atoms with E-state index in [0.29, 0.717) is 72.6 Å². The molecule has 0 spiro atoms. The van der Waals surface area contributed by atoms with Crippen LogP contribution in [0.2, 0.25) is 0 Å². The Labute approximate surface area is 383 Å². The molecule has 66 heavy (non-hydrogen) atoms. The number of fused-ring (bicyclic) bond motifs is 2. The predicted octanol–water partition coefficient (Wildman–Crippen LogP) is 4.53. The van der Waals surface area contributed by atoms with Crippen LogP contribution in [0.4, 0.5) is 10.6 Å². The molecule has 4 saturated heterocycles. The molecule has 0 aliphatic carbocycles. The summed E-state index contributed by atoms with van der Waals surface area (Å²) in [5.41, 5.74) is 9.39. The molecular formula is C49H56N10O7. The number of carbonyl (C=O) groups is 6. The summed E-state index contributed by atoms with van der Waals surface area (Å²) in [5, 5.41) is 10.7. The largest absolute Gasteiger partial charge is 0.457 e. The van der Waals surface area contributed by atoms with Gasteiger partial charge in [-0.15, -0.1) is 0 Å². The number of anilines is 1. The fourth-order valence-electron chi connectivity index (χ4n) is 10.8. The van der Waals surface area contributed by atoms with Gasteiger partial charge in [-0.2, -0.15) is 5.10 Å². The van der Waals surface area contributed by atoms with Gasteiger partial charge in [-0.25, -0.2) is 9.48 Å². The highest BCUT2D eigenvalue weighted by molar-refractivity contribution is 6.23. The number of ether oxygens (including phenoxy) is 1. The van der Waals surface area contributed by atoms with Gasteiger partial charge in [0, 0.05) is 70.9 Å². The van der Waals surface area contributed by atoms with E-state index in [1.165, 1.54) is 0 Å². The van der Waals surface area contributed by atoms with Gasteiger partial charge in [0.1, 0.15) is 34.6 Å². The van der Waals surface area contributed by atoms with Crippen molar-refractivity contribution in [2.45, 2.75) is 62.9 Å². The Kier molecular flexibility index (Phi) is 12.0. The summed E-state index contributed by atoms with van der Waals surface area (Å²) in [6.07, 6.45) is 4.68. The van der Waals surface area contributed by atoms with Crippen LogP contribution in [0.25, 0.3) is 11.3 Å². The summed E-state index contributed by atoms with van der Waals surface area (Å²) in [6, 6.07) is 21.8. The van der Waals surface area contributed by atoms with Crippen LogP contribution < -0.4 is 21.1 Å². The number of likely N-dealkylation sites (tertiary alicyclic amines) is 2. The smallest absolute Gasteiger partial charge is 0.320 e. The third-order valence-electron chi connectivity index (χ3n) is 14.6. The van der Waals surface area contributed by atoms with Crippen molar-refractivity contribution in [3.63, 3.8) is 0 Å². The molecule has 0 bridgehead atoms. The van der Waals surface area contributed by atoms with E-state index in [1.54, 1.807) is 6.07 Å². The van der Waals surface area contributed by atoms with E-state index in [1.807, 2.05) is 81.2 Å². The first-order valence-corrected chi connectivity index (χ1v) is 23.4. The van der Waals surface area contributed by atoms with Gasteiger partial charge in [0.05, 0.1) is 17.2 Å². The lowest BCUT2D eigenvalue weighted by Crippen LogP contribution is -2.55. The third-order valence-corrected chi connectivity index (χ3v) is 14.6. The lowest BCUT2D eigenvalue weighted by atomic mass is 9.87. The maximum atomic E-state index is 13.8. The second kappa shape index (κ2) is 18.4. The Balaban J connectivity index is 0.673. The van der Waals surface area contributed by atoms with E-state index >= 15 is 0 Å². The van der Waals surface area contributed by atoms with E-state index in [4.69, 9.17) is 15.6 Å². The fourth-order valence-corrected chi connectivity index (χ4v) is 10.8. The molecule has 4 aromatic rings. The molecular weight excluding hydrogens is 841 g/mol. The number of piperidine rings is 3. The van der Waals surface area contributed by atoms with Crippen LogP contribution in [0.15, 0.2) is 72.8 Å². The lowest BCUT2D eigenvalue weighted by molar-refractivity contribution is -0.136. The van der Waals surface area contributed by atoms with E-state index in [-0.39, 0.29) is 30.8 Å². The van der Waals surface area contributed by atoms with Gasteiger partial charge >= 0.3 is 6.03 Å². The molecule has 7 amide bonds. The summed E-state index contributed by atoms with van der Waals surface area (Å²) >= 11 is 0. The zero-order valence-electron chi connectivity index (χ0n) is 37.0. The van der Waals surface area contributed by atoms with Crippen molar-refractivity contribution in [2.24, 2.45) is 11.7 Å². The van der Waals surface area contributed by atoms with Crippen molar-refractivity contribution in [1.82, 2.24) is 39.6 Å². The topological polar surface area (TPSA) is 196 Å². The van der Waals surface area contributed by atoms with Crippen LogP contribution >= 0.6 is 0 Å². The number of hydrogen-bond donors (Lipinski definition) is 3.